The molecule has 0 aromatic rings. The molecule has 0 saturated heterocycles. The fraction of sp³-hybridized carbons (Fsp3) is 0.900. The maximum absolute atomic E-state index is 12.6. The van der Waals surface area contributed by atoms with Gasteiger partial charge in [0.25, 0.3) is 0 Å². The van der Waals surface area contributed by atoms with E-state index in [1.165, 1.54) is 321 Å². The summed E-state index contributed by atoms with van der Waals surface area (Å²) >= 11 is 0. The summed E-state index contributed by atoms with van der Waals surface area (Å²) in [5, 5.41) is 33.5. The van der Waals surface area contributed by atoms with Crippen molar-refractivity contribution in [3.8, 4) is 0 Å². The van der Waals surface area contributed by atoms with Gasteiger partial charge >= 0.3 is 0 Å². The van der Waals surface area contributed by atoms with E-state index in [-0.39, 0.29) is 6.61 Å². The molecule has 0 heterocycles. The first-order chi connectivity index (χ1) is 37.1. The molecule has 3 unspecified atom stereocenters. The average Bonchev–Trinajstić information content (AvgIpc) is 3.41. The summed E-state index contributed by atoms with van der Waals surface area (Å²) in [7, 11) is 0. The normalized spacial score (nSPS) is 13.3. The molecule has 0 aromatic heterocycles. The van der Waals surface area contributed by atoms with Crippen LogP contribution in [0.5, 0.6) is 0 Å². The lowest BCUT2D eigenvalue weighted by Gasteiger charge is -2.21. The molecule has 5 nitrogen and oxygen atoms in total. The van der Waals surface area contributed by atoms with Crippen LogP contribution in [0.1, 0.15) is 380 Å². The number of rotatable bonds is 64. The molecule has 0 rings (SSSR count). The quantitative estimate of drug-likeness (QED) is 0.0361. The minimum Gasteiger partial charge on any atom is -0.394 e. The van der Waals surface area contributed by atoms with Crippen LogP contribution in [0, 0.1) is 0 Å². The fourth-order valence-electron chi connectivity index (χ4n) is 10.9. The molecule has 0 aliphatic rings. The summed E-state index contributed by atoms with van der Waals surface area (Å²) in [5.41, 5.74) is 0. The highest BCUT2D eigenvalue weighted by Gasteiger charge is 2.22. The number of amides is 1. The molecule has 5 heteroatoms. The van der Waals surface area contributed by atoms with Gasteiger partial charge in [0, 0.05) is 0 Å². The monoisotopic (exact) mass is 1050 g/mol. The molecule has 0 bridgehead atoms. The van der Waals surface area contributed by atoms with Crippen molar-refractivity contribution >= 4 is 5.91 Å². The average molecular weight is 1050 g/mol. The maximum atomic E-state index is 12.6. The van der Waals surface area contributed by atoms with Crippen molar-refractivity contribution in [2.45, 2.75) is 398 Å². The number of allylic oxidation sites excluding steroid dienone is 5. The van der Waals surface area contributed by atoms with Crippen LogP contribution in [0.4, 0.5) is 0 Å². The van der Waals surface area contributed by atoms with Gasteiger partial charge < -0.3 is 20.6 Å². The van der Waals surface area contributed by atoms with Gasteiger partial charge in [-0.05, 0) is 57.8 Å². The third kappa shape index (κ3) is 60.1. The number of hydrogen-bond donors (Lipinski definition) is 4. The third-order valence-electron chi connectivity index (χ3n) is 16.2. The Kier molecular flexibility index (Phi) is 63.8. The van der Waals surface area contributed by atoms with E-state index < -0.39 is 24.2 Å². The number of hydrogen-bond acceptors (Lipinski definition) is 4. The van der Waals surface area contributed by atoms with Crippen molar-refractivity contribution in [2.24, 2.45) is 0 Å². The minimum absolute atomic E-state index is 0.374. The molecule has 0 aliphatic heterocycles. The zero-order valence-corrected chi connectivity index (χ0v) is 51.0. The Balaban J connectivity index is 3.51. The lowest BCUT2D eigenvalue weighted by molar-refractivity contribution is -0.131. The van der Waals surface area contributed by atoms with E-state index >= 15 is 0 Å². The van der Waals surface area contributed by atoms with Crippen LogP contribution in [-0.2, 0) is 4.79 Å². The largest absolute Gasteiger partial charge is 0.394 e. The molecule has 0 radical (unpaired) electrons. The standard InChI is InChI=1S/C70H135NO4/c1-3-5-7-9-11-13-15-17-19-21-23-25-27-29-30-31-32-33-34-35-36-37-38-39-41-43-45-47-49-51-53-55-57-59-61-63-65-69(74)70(75)71-67(66-72)68(73)64-62-60-58-56-54-52-50-48-46-44-42-40-28-26-24-22-20-18-16-14-12-10-8-6-4-2/h33-34,54,56,62,64,67-69,72-74H,3-32,35-53,55,57-61,63,65-66H2,1-2H3,(H,71,75)/b34-33-,56-54+,64-62+. The van der Waals surface area contributed by atoms with E-state index in [2.05, 4.69) is 43.5 Å². The van der Waals surface area contributed by atoms with E-state index in [0.717, 1.165) is 38.5 Å². The summed E-state index contributed by atoms with van der Waals surface area (Å²) in [6, 6.07) is -0.816. The second-order valence-electron chi connectivity index (χ2n) is 23.7. The molecule has 4 N–H and O–H groups in total. The molecule has 0 aliphatic carbocycles. The van der Waals surface area contributed by atoms with Crippen LogP contribution >= 0.6 is 0 Å². The van der Waals surface area contributed by atoms with Crippen LogP contribution < -0.4 is 5.32 Å². The van der Waals surface area contributed by atoms with E-state index in [9.17, 15) is 20.1 Å². The summed E-state index contributed by atoms with van der Waals surface area (Å²) in [6.45, 7) is 4.22. The zero-order chi connectivity index (χ0) is 54.3. The summed E-state index contributed by atoms with van der Waals surface area (Å²) < 4.78 is 0. The van der Waals surface area contributed by atoms with Gasteiger partial charge in [-0.25, -0.2) is 0 Å². The van der Waals surface area contributed by atoms with E-state index in [4.69, 9.17) is 0 Å². The first-order valence-electron chi connectivity index (χ1n) is 34.3. The van der Waals surface area contributed by atoms with Crippen LogP contribution in [0.25, 0.3) is 0 Å². The number of carbonyl (C=O) groups excluding carboxylic acids is 1. The lowest BCUT2D eigenvalue weighted by atomic mass is 10.0. The van der Waals surface area contributed by atoms with E-state index in [0.29, 0.717) is 6.42 Å². The molecule has 0 saturated carbocycles. The highest BCUT2D eigenvalue weighted by molar-refractivity contribution is 5.80. The summed E-state index contributed by atoms with van der Waals surface area (Å²) in [4.78, 5) is 12.6. The SMILES string of the molecule is CCCCCCCCCCCCCCCCCC/C=C\CCCCCCCCCCCCCCCCCCC(O)C(=O)NC(CO)C(O)/C=C/CC/C=C/CCCCCCCCCCCCCCCCCCCCC. The molecule has 75 heavy (non-hydrogen) atoms. The number of nitrogens with one attached hydrogen (secondary N) is 1. The first-order valence-corrected chi connectivity index (χ1v) is 34.3. The Morgan fingerprint density at radius 2 is 0.547 bits per heavy atom. The fourth-order valence-corrected chi connectivity index (χ4v) is 10.9. The number of aliphatic hydroxyl groups is 3. The molecule has 1 amide bonds. The van der Waals surface area contributed by atoms with Gasteiger partial charge in [-0.1, -0.05) is 359 Å². The van der Waals surface area contributed by atoms with Crippen molar-refractivity contribution in [3.63, 3.8) is 0 Å². The van der Waals surface area contributed by atoms with Crippen molar-refractivity contribution in [3.05, 3.63) is 36.5 Å². The Bertz CT molecular complexity index is 1170. The molecule has 3 atom stereocenters. The van der Waals surface area contributed by atoms with Gasteiger partial charge in [-0.3, -0.25) is 4.79 Å². The summed E-state index contributed by atoms with van der Waals surface area (Å²) in [5.74, 6) is -0.506. The summed E-state index contributed by atoms with van der Waals surface area (Å²) in [6.07, 6.45) is 87.2. The van der Waals surface area contributed by atoms with Crippen LogP contribution in [0.2, 0.25) is 0 Å². The van der Waals surface area contributed by atoms with Crippen molar-refractivity contribution in [2.75, 3.05) is 6.61 Å². The van der Waals surface area contributed by atoms with Crippen molar-refractivity contribution in [1.82, 2.24) is 5.32 Å². The van der Waals surface area contributed by atoms with Gasteiger partial charge in [0.1, 0.15) is 6.10 Å². The van der Waals surface area contributed by atoms with E-state index in [1.807, 2.05) is 6.08 Å². The Morgan fingerprint density at radius 1 is 0.320 bits per heavy atom. The predicted molar refractivity (Wildman–Crippen MR) is 333 cm³/mol. The van der Waals surface area contributed by atoms with Gasteiger partial charge in [0.05, 0.1) is 18.8 Å². The van der Waals surface area contributed by atoms with E-state index in [1.54, 1.807) is 6.08 Å². The highest BCUT2D eigenvalue weighted by atomic mass is 16.3. The van der Waals surface area contributed by atoms with Gasteiger partial charge in [0.2, 0.25) is 5.91 Å². The Labute approximate surface area is 470 Å². The Hall–Kier alpha value is -1.43. The Morgan fingerprint density at radius 3 is 0.813 bits per heavy atom. The molecule has 0 aromatic carbocycles. The molecule has 0 spiro atoms. The number of unbranched alkanes of at least 4 members (excludes halogenated alkanes) is 52. The number of carbonyl (C=O) groups is 1. The molecular weight excluding hydrogens is 919 g/mol. The molecule has 0 fully saturated rings. The van der Waals surface area contributed by atoms with Crippen LogP contribution in [0.15, 0.2) is 36.5 Å². The topological polar surface area (TPSA) is 89.8 Å². The van der Waals surface area contributed by atoms with Crippen LogP contribution in [0.3, 0.4) is 0 Å². The van der Waals surface area contributed by atoms with Gasteiger partial charge in [-0.15, -0.1) is 0 Å². The minimum atomic E-state index is -1.11. The smallest absolute Gasteiger partial charge is 0.249 e. The second kappa shape index (κ2) is 65.1. The first kappa shape index (κ1) is 73.6. The van der Waals surface area contributed by atoms with Crippen LogP contribution in [-0.4, -0.2) is 46.1 Å². The maximum Gasteiger partial charge on any atom is 0.249 e. The highest BCUT2D eigenvalue weighted by Crippen LogP contribution is 2.19. The molecular formula is C70H135NO4. The lowest BCUT2D eigenvalue weighted by Crippen LogP contribution is -2.48. The van der Waals surface area contributed by atoms with Crippen molar-refractivity contribution < 1.29 is 20.1 Å². The zero-order valence-electron chi connectivity index (χ0n) is 51.0. The predicted octanol–water partition coefficient (Wildman–Crippen LogP) is 22.1. The van der Waals surface area contributed by atoms with Gasteiger partial charge in [0.15, 0.2) is 0 Å². The third-order valence-corrected chi connectivity index (χ3v) is 16.2. The van der Waals surface area contributed by atoms with Crippen molar-refractivity contribution in [1.29, 1.82) is 0 Å². The number of aliphatic hydroxyl groups excluding tert-OH is 3. The van der Waals surface area contributed by atoms with Gasteiger partial charge in [-0.2, -0.15) is 0 Å². The second-order valence-corrected chi connectivity index (χ2v) is 23.7. The molecule has 444 valence electrons.